The zero-order valence-electron chi connectivity index (χ0n) is 5.67. The van der Waals surface area contributed by atoms with E-state index in [0.29, 0.717) is 12.8 Å². The summed E-state index contributed by atoms with van der Waals surface area (Å²) in [7, 11) is 0. The molecule has 0 aromatic carbocycles. The smallest absolute Gasteiger partial charge is 0.170 e. The summed E-state index contributed by atoms with van der Waals surface area (Å²) in [6.45, 7) is 0. The highest BCUT2D eigenvalue weighted by Crippen LogP contribution is 2.11. The van der Waals surface area contributed by atoms with Crippen molar-refractivity contribution in [1.29, 1.82) is 0 Å². The van der Waals surface area contributed by atoms with Gasteiger partial charge in [0.2, 0.25) is 0 Å². The summed E-state index contributed by atoms with van der Waals surface area (Å²) < 4.78 is 0. The zero-order chi connectivity index (χ0) is 7.56. The maximum absolute atomic E-state index is 10.8. The molecule has 1 N–H and O–H groups in total. The molecule has 1 aliphatic carbocycles. The van der Waals surface area contributed by atoms with Crippen LogP contribution < -0.4 is 0 Å². The maximum atomic E-state index is 10.8. The number of hydrogen-bond donors (Lipinski definition) is 1. The lowest BCUT2D eigenvalue weighted by Crippen LogP contribution is -2.27. The Balaban J connectivity index is 2.64. The van der Waals surface area contributed by atoms with Crippen LogP contribution >= 0.6 is 0 Å². The number of aliphatic hydroxyl groups excluding tert-OH is 1. The summed E-state index contributed by atoms with van der Waals surface area (Å²) in [4.78, 5) is 21.5. The van der Waals surface area contributed by atoms with Gasteiger partial charge in [-0.3, -0.25) is 9.59 Å². The number of ketones is 2. The molecule has 0 aromatic heterocycles. The van der Waals surface area contributed by atoms with Gasteiger partial charge >= 0.3 is 0 Å². The van der Waals surface area contributed by atoms with E-state index in [2.05, 4.69) is 0 Å². The van der Waals surface area contributed by atoms with Crippen molar-refractivity contribution in [3.63, 3.8) is 0 Å². The fourth-order valence-corrected chi connectivity index (χ4v) is 1.05. The van der Waals surface area contributed by atoms with Crippen LogP contribution in [0.15, 0.2) is 0 Å². The Labute approximate surface area is 59.0 Å². The molecule has 0 radical (unpaired) electrons. The molecule has 10 heavy (non-hydrogen) atoms. The second kappa shape index (κ2) is 2.92. The van der Waals surface area contributed by atoms with Crippen LogP contribution in [0, 0.1) is 0 Å². The fraction of sp³-hybridized carbons (Fsp3) is 0.714. The van der Waals surface area contributed by atoms with Gasteiger partial charge < -0.3 is 5.11 Å². The van der Waals surface area contributed by atoms with Crippen molar-refractivity contribution >= 4 is 11.6 Å². The maximum Gasteiger partial charge on any atom is 0.170 e. The second-order valence-corrected chi connectivity index (χ2v) is 2.54. The van der Waals surface area contributed by atoms with Gasteiger partial charge in [0.1, 0.15) is 0 Å². The van der Waals surface area contributed by atoms with Crippen LogP contribution in [0.2, 0.25) is 0 Å². The van der Waals surface area contributed by atoms with Crippen molar-refractivity contribution in [2.24, 2.45) is 0 Å². The second-order valence-electron chi connectivity index (χ2n) is 2.54. The Bertz CT molecular complexity index is 144. The van der Waals surface area contributed by atoms with Crippen molar-refractivity contribution in [2.45, 2.75) is 31.8 Å². The van der Waals surface area contributed by atoms with Gasteiger partial charge in [0.15, 0.2) is 17.7 Å². The molecule has 0 saturated heterocycles. The lowest BCUT2D eigenvalue weighted by atomic mass is 10.1. The van der Waals surface area contributed by atoms with Crippen LogP contribution in [-0.2, 0) is 9.59 Å². The van der Waals surface area contributed by atoms with E-state index in [0.717, 1.165) is 12.8 Å². The summed E-state index contributed by atoms with van der Waals surface area (Å²) in [5.74, 6) is -0.634. The van der Waals surface area contributed by atoms with Crippen LogP contribution in [0.5, 0.6) is 0 Å². The van der Waals surface area contributed by atoms with Gasteiger partial charge in [-0.05, 0) is 12.8 Å². The molecule has 1 rings (SSSR count). The summed E-state index contributed by atoms with van der Waals surface area (Å²) >= 11 is 0. The molecule has 0 spiro atoms. The third-order valence-electron chi connectivity index (χ3n) is 1.71. The molecule has 0 heterocycles. The Morgan fingerprint density at radius 3 is 1.90 bits per heavy atom. The fourth-order valence-electron chi connectivity index (χ4n) is 1.05. The Morgan fingerprint density at radius 2 is 1.50 bits per heavy atom. The van der Waals surface area contributed by atoms with E-state index in [9.17, 15) is 9.59 Å². The first kappa shape index (κ1) is 7.41. The van der Waals surface area contributed by atoms with E-state index in [1.54, 1.807) is 0 Å². The van der Waals surface area contributed by atoms with Gasteiger partial charge in [0.25, 0.3) is 0 Å². The molecule has 0 unspecified atom stereocenters. The summed E-state index contributed by atoms with van der Waals surface area (Å²) in [6.07, 6.45) is 0.866. The highest BCUT2D eigenvalue weighted by atomic mass is 16.3. The van der Waals surface area contributed by atoms with Crippen molar-refractivity contribution in [1.82, 2.24) is 0 Å². The molecule has 1 aliphatic rings. The van der Waals surface area contributed by atoms with Crippen LogP contribution in [0.25, 0.3) is 0 Å². The summed E-state index contributed by atoms with van der Waals surface area (Å²) in [5, 5.41) is 8.93. The minimum Gasteiger partial charge on any atom is -0.378 e. The molecule has 0 bridgehead atoms. The van der Waals surface area contributed by atoms with Gasteiger partial charge in [-0.25, -0.2) is 0 Å². The van der Waals surface area contributed by atoms with E-state index in [4.69, 9.17) is 5.11 Å². The van der Waals surface area contributed by atoms with Crippen LogP contribution in [0.4, 0.5) is 0 Å². The van der Waals surface area contributed by atoms with E-state index in [-0.39, 0.29) is 11.6 Å². The summed E-state index contributed by atoms with van der Waals surface area (Å²) in [6, 6.07) is 0. The molecule has 0 amide bonds. The van der Waals surface area contributed by atoms with Gasteiger partial charge in [0, 0.05) is 12.8 Å². The molecule has 1 fully saturated rings. The molecule has 56 valence electrons. The number of carbonyl (C=O) groups excluding carboxylic acids is 2. The first-order chi connectivity index (χ1) is 4.72. The van der Waals surface area contributed by atoms with Crippen LogP contribution in [0.1, 0.15) is 25.7 Å². The van der Waals surface area contributed by atoms with E-state index in [1.165, 1.54) is 0 Å². The quantitative estimate of drug-likeness (QED) is 0.384. The summed E-state index contributed by atoms with van der Waals surface area (Å²) in [5.41, 5.74) is 0. The number of rotatable bonds is 0. The molecule has 1 saturated carbocycles. The molecular formula is C7H10O3. The molecular weight excluding hydrogens is 132 g/mol. The number of Topliss-reactive ketones (excluding diaryl/α,β-unsaturated/α-hetero) is 2. The lowest BCUT2D eigenvalue weighted by Gasteiger charge is -2.00. The SMILES string of the molecule is O=C1CCCCC(=O)C1O. The van der Waals surface area contributed by atoms with Crippen LogP contribution in [0.3, 0.4) is 0 Å². The molecule has 0 aromatic rings. The monoisotopic (exact) mass is 142 g/mol. The van der Waals surface area contributed by atoms with Crippen molar-refractivity contribution in [2.75, 3.05) is 0 Å². The molecule has 0 aliphatic heterocycles. The minimum atomic E-state index is -1.32. The standard InChI is InChI=1S/C7H10O3/c8-5-3-1-2-4-6(9)7(5)10/h7,10H,1-4H2. The first-order valence-corrected chi connectivity index (χ1v) is 3.45. The first-order valence-electron chi connectivity index (χ1n) is 3.45. The largest absolute Gasteiger partial charge is 0.378 e. The molecule has 3 nitrogen and oxygen atoms in total. The van der Waals surface area contributed by atoms with Gasteiger partial charge in [0.05, 0.1) is 0 Å². The van der Waals surface area contributed by atoms with Gasteiger partial charge in [-0.1, -0.05) is 0 Å². The predicted molar refractivity (Wildman–Crippen MR) is 34.5 cm³/mol. The highest BCUT2D eigenvalue weighted by Gasteiger charge is 2.24. The lowest BCUT2D eigenvalue weighted by molar-refractivity contribution is -0.137. The van der Waals surface area contributed by atoms with Crippen LogP contribution in [-0.4, -0.2) is 22.8 Å². The van der Waals surface area contributed by atoms with E-state index < -0.39 is 6.10 Å². The number of carbonyl (C=O) groups is 2. The average Bonchev–Trinajstić information content (AvgIpc) is 2.04. The topological polar surface area (TPSA) is 54.4 Å². The highest BCUT2D eigenvalue weighted by molar-refractivity contribution is 6.05. The van der Waals surface area contributed by atoms with Crippen molar-refractivity contribution < 1.29 is 14.7 Å². The van der Waals surface area contributed by atoms with Crippen molar-refractivity contribution in [3.05, 3.63) is 0 Å². The molecule has 3 heteroatoms. The minimum absolute atomic E-state index is 0.317. The Morgan fingerprint density at radius 1 is 1.10 bits per heavy atom. The van der Waals surface area contributed by atoms with Gasteiger partial charge in [-0.15, -0.1) is 0 Å². The predicted octanol–water partition coefficient (Wildman–Crippen LogP) is 0.0595. The third kappa shape index (κ3) is 1.42. The Hall–Kier alpha value is -0.700. The normalized spacial score (nSPS) is 22.9. The van der Waals surface area contributed by atoms with Gasteiger partial charge in [-0.2, -0.15) is 0 Å². The number of hydrogen-bond acceptors (Lipinski definition) is 3. The molecule has 0 atom stereocenters. The van der Waals surface area contributed by atoms with E-state index in [1.807, 2.05) is 0 Å². The number of aliphatic hydroxyl groups is 1. The Kier molecular flexibility index (Phi) is 2.17. The zero-order valence-corrected chi connectivity index (χ0v) is 5.67. The van der Waals surface area contributed by atoms with E-state index >= 15 is 0 Å². The van der Waals surface area contributed by atoms with Crippen molar-refractivity contribution in [3.8, 4) is 0 Å². The third-order valence-corrected chi connectivity index (χ3v) is 1.71. The average molecular weight is 142 g/mol.